The van der Waals surface area contributed by atoms with Crippen LogP contribution in [0.1, 0.15) is 32.3 Å². The van der Waals surface area contributed by atoms with E-state index in [1.165, 1.54) is 0 Å². The average Bonchev–Trinajstić information content (AvgIpc) is 2.67. The molecule has 0 fully saturated rings. The summed E-state index contributed by atoms with van der Waals surface area (Å²) in [5.41, 5.74) is 1.79. The molecule has 0 aliphatic carbocycles. The zero-order valence-electron chi connectivity index (χ0n) is 12.6. The number of aryl methyl sites for hydroxylation is 2. The minimum absolute atomic E-state index is 0.216. The molecule has 1 unspecified atom stereocenters. The van der Waals surface area contributed by atoms with Gasteiger partial charge in [0.25, 0.3) is 0 Å². The lowest BCUT2D eigenvalue weighted by atomic mass is 10.2. The van der Waals surface area contributed by atoms with Gasteiger partial charge in [0.15, 0.2) is 0 Å². The van der Waals surface area contributed by atoms with Gasteiger partial charge in [-0.05, 0) is 19.4 Å². The summed E-state index contributed by atoms with van der Waals surface area (Å²) < 4.78 is 5.80. The number of rotatable bonds is 3. The summed E-state index contributed by atoms with van der Waals surface area (Å²) >= 11 is 0. The SMILES string of the molecule is CCc1cc2nc(CC)nc3c2c(n1)OC[C@H](C(C)O)N3. The molecule has 0 bridgehead atoms. The van der Waals surface area contributed by atoms with Gasteiger partial charge in [-0.2, -0.15) is 0 Å². The summed E-state index contributed by atoms with van der Waals surface area (Å²) in [6, 6.07) is 1.77. The molecule has 112 valence electrons. The summed E-state index contributed by atoms with van der Waals surface area (Å²) in [7, 11) is 0. The van der Waals surface area contributed by atoms with Crippen LogP contribution in [0.4, 0.5) is 5.82 Å². The molecule has 0 saturated heterocycles. The Morgan fingerprint density at radius 3 is 2.81 bits per heavy atom. The van der Waals surface area contributed by atoms with Crippen molar-refractivity contribution in [1.29, 1.82) is 0 Å². The van der Waals surface area contributed by atoms with Gasteiger partial charge in [-0.15, -0.1) is 0 Å². The monoisotopic (exact) mass is 288 g/mol. The first kappa shape index (κ1) is 14.0. The number of pyridine rings is 1. The molecule has 0 radical (unpaired) electrons. The van der Waals surface area contributed by atoms with E-state index in [2.05, 4.69) is 27.2 Å². The highest BCUT2D eigenvalue weighted by Crippen LogP contribution is 2.32. The number of hydrogen-bond donors (Lipinski definition) is 2. The number of ether oxygens (including phenoxy) is 1. The minimum Gasteiger partial charge on any atom is -0.475 e. The van der Waals surface area contributed by atoms with Gasteiger partial charge in [0.05, 0.1) is 17.7 Å². The Morgan fingerprint density at radius 2 is 2.14 bits per heavy atom. The van der Waals surface area contributed by atoms with Crippen LogP contribution in [0.2, 0.25) is 0 Å². The molecular formula is C15H20N4O2. The third-order valence-electron chi connectivity index (χ3n) is 3.73. The lowest BCUT2D eigenvalue weighted by molar-refractivity contribution is 0.140. The molecule has 0 amide bonds. The summed E-state index contributed by atoms with van der Waals surface area (Å²) in [5.74, 6) is 2.03. The van der Waals surface area contributed by atoms with Crippen LogP contribution in [0.15, 0.2) is 6.07 Å². The van der Waals surface area contributed by atoms with Crippen LogP contribution in [0.25, 0.3) is 10.9 Å². The van der Waals surface area contributed by atoms with Crippen molar-refractivity contribution in [3.63, 3.8) is 0 Å². The van der Waals surface area contributed by atoms with Crippen molar-refractivity contribution in [1.82, 2.24) is 15.0 Å². The lowest BCUT2D eigenvalue weighted by Crippen LogP contribution is -2.36. The Hall–Kier alpha value is -1.95. The highest BCUT2D eigenvalue weighted by atomic mass is 16.5. The molecular weight excluding hydrogens is 268 g/mol. The predicted octanol–water partition coefficient (Wildman–Crippen LogP) is 1.70. The van der Waals surface area contributed by atoms with Crippen LogP contribution in [0.5, 0.6) is 5.88 Å². The number of aliphatic hydroxyl groups excluding tert-OH is 1. The minimum atomic E-state index is -0.542. The summed E-state index contributed by atoms with van der Waals surface area (Å²) in [4.78, 5) is 13.7. The fourth-order valence-corrected chi connectivity index (χ4v) is 2.41. The molecule has 6 nitrogen and oxygen atoms in total. The first-order chi connectivity index (χ1) is 10.1. The van der Waals surface area contributed by atoms with Crippen LogP contribution in [0, 0.1) is 0 Å². The number of anilines is 1. The highest BCUT2D eigenvalue weighted by Gasteiger charge is 2.25. The molecule has 0 saturated carbocycles. The topological polar surface area (TPSA) is 80.2 Å². The molecule has 3 heterocycles. The largest absolute Gasteiger partial charge is 0.475 e. The molecule has 2 aromatic heterocycles. The van der Waals surface area contributed by atoms with E-state index in [-0.39, 0.29) is 6.04 Å². The molecule has 2 atom stereocenters. The second-order valence-electron chi connectivity index (χ2n) is 5.31. The Labute approximate surface area is 123 Å². The normalized spacial score (nSPS) is 18.8. The highest BCUT2D eigenvalue weighted by molar-refractivity contribution is 5.94. The van der Waals surface area contributed by atoms with Gasteiger partial charge in [0.1, 0.15) is 23.6 Å². The third-order valence-corrected chi connectivity index (χ3v) is 3.73. The van der Waals surface area contributed by atoms with E-state index in [9.17, 15) is 5.11 Å². The zero-order chi connectivity index (χ0) is 15.0. The maximum atomic E-state index is 9.86. The summed E-state index contributed by atoms with van der Waals surface area (Å²) in [6.07, 6.45) is 1.03. The number of nitrogens with one attached hydrogen (secondary N) is 1. The van der Waals surface area contributed by atoms with Gasteiger partial charge >= 0.3 is 0 Å². The van der Waals surface area contributed by atoms with Gasteiger partial charge < -0.3 is 15.2 Å². The molecule has 1 aliphatic rings. The van der Waals surface area contributed by atoms with Crippen molar-refractivity contribution in [3.8, 4) is 5.88 Å². The van der Waals surface area contributed by atoms with Crippen LogP contribution < -0.4 is 10.1 Å². The van der Waals surface area contributed by atoms with Crippen LogP contribution >= 0.6 is 0 Å². The van der Waals surface area contributed by atoms with Crippen molar-refractivity contribution in [2.45, 2.75) is 45.8 Å². The second kappa shape index (κ2) is 5.44. The second-order valence-corrected chi connectivity index (χ2v) is 5.31. The smallest absolute Gasteiger partial charge is 0.227 e. The summed E-state index contributed by atoms with van der Waals surface area (Å²) in [5, 5.41) is 13.9. The van der Waals surface area contributed by atoms with E-state index in [1.54, 1.807) is 6.92 Å². The van der Waals surface area contributed by atoms with Gasteiger partial charge in [-0.1, -0.05) is 13.8 Å². The van der Waals surface area contributed by atoms with Crippen molar-refractivity contribution >= 4 is 16.7 Å². The van der Waals surface area contributed by atoms with Gasteiger partial charge in [0.2, 0.25) is 5.88 Å². The van der Waals surface area contributed by atoms with Crippen molar-refractivity contribution in [3.05, 3.63) is 17.6 Å². The fraction of sp³-hybridized carbons (Fsp3) is 0.533. The number of hydrogen-bond acceptors (Lipinski definition) is 6. The van der Waals surface area contributed by atoms with Crippen molar-refractivity contribution in [2.75, 3.05) is 11.9 Å². The first-order valence-electron chi connectivity index (χ1n) is 7.40. The van der Waals surface area contributed by atoms with Crippen LogP contribution in [-0.2, 0) is 12.8 Å². The average molecular weight is 288 g/mol. The number of aromatic nitrogens is 3. The molecule has 2 N–H and O–H groups in total. The van der Waals surface area contributed by atoms with Crippen molar-refractivity contribution < 1.29 is 9.84 Å². The van der Waals surface area contributed by atoms with E-state index in [0.717, 1.165) is 35.3 Å². The number of aliphatic hydroxyl groups is 1. The zero-order valence-corrected chi connectivity index (χ0v) is 12.6. The molecule has 2 aromatic rings. The Balaban J connectivity index is 2.22. The van der Waals surface area contributed by atoms with Gasteiger partial charge in [0, 0.05) is 12.1 Å². The standard InChI is InChI=1S/C15H20N4O2/c1-4-9-6-10-13-14(19-12(5-2)17-10)18-11(8(3)20)7-21-15(13)16-9/h6,8,11,20H,4-5,7H2,1-3H3,(H,17,18,19)/t8?,11-/m1/s1. The third kappa shape index (κ3) is 2.51. The van der Waals surface area contributed by atoms with Gasteiger partial charge in [-0.25, -0.2) is 15.0 Å². The predicted molar refractivity (Wildman–Crippen MR) is 80.7 cm³/mol. The van der Waals surface area contributed by atoms with E-state index in [1.807, 2.05) is 13.0 Å². The van der Waals surface area contributed by atoms with E-state index in [0.29, 0.717) is 18.3 Å². The maximum Gasteiger partial charge on any atom is 0.227 e. The summed E-state index contributed by atoms with van der Waals surface area (Å²) in [6.45, 7) is 6.17. The number of nitrogens with zero attached hydrogens (tertiary/aromatic N) is 3. The molecule has 21 heavy (non-hydrogen) atoms. The fourth-order valence-electron chi connectivity index (χ4n) is 2.41. The van der Waals surface area contributed by atoms with Crippen LogP contribution in [-0.4, -0.2) is 38.8 Å². The van der Waals surface area contributed by atoms with E-state index < -0.39 is 6.10 Å². The van der Waals surface area contributed by atoms with E-state index >= 15 is 0 Å². The Kier molecular flexibility index (Phi) is 3.63. The molecule has 1 aliphatic heterocycles. The molecule has 3 rings (SSSR count). The molecule has 6 heteroatoms. The van der Waals surface area contributed by atoms with Crippen molar-refractivity contribution in [2.24, 2.45) is 0 Å². The first-order valence-corrected chi connectivity index (χ1v) is 7.40. The molecule has 0 spiro atoms. The van der Waals surface area contributed by atoms with Crippen LogP contribution in [0.3, 0.4) is 0 Å². The maximum absolute atomic E-state index is 9.86. The Bertz CT molecular complexity index is 667. The Morgan fingerprint density at radius 1 is 1.33 bits per heavy atom. The molecule has 0 aromatic carbocycles. The van der Waals surface area contributed by atoms with E-state index in [4.69, 9.17) is 4.74 Å². The lowest BCUT2D eigenvalue weighted by Gasteiger charge is -2.19. The quantitative estimate of drug-likeness (QED) is 0.895. The van der Waals surface area contributed by atoms with Gasteiger partial charge in [-0.3, -0.25) is 0 Å².